The molecule has 0 bridgehead atoms. The van der Waals surface area contributed by atoms with Crippen molar-refractivity contribution in [1.82, 2.24) is 19.3 Å². The summed E-state index contributed by atoms with van der Waals surface area (Å²) in [6.45, 7) is 6.24. The number of fused-ring (bicyclic) bond motifs is 1. The largest absolute Gasteiger partial charge is 0.383 e. The van der Waals surface area contributed by atoms with Gasteiger partial charge in [-0.3, -0.25) is 4.68 Å². The lowest BCUT2D eigenvalue weighted by Gasteiger charge is -2.25. The maximum absolute atomic E-state index is 5.22. The van der Waals surface area contributed by atoms with Gasteiger partial charge in [-0.2, -0.15) is 5.10 Å². The number of hydrogen-bond donors (Lipinski definition) is 0. The van der Waals surface area contributed by atoms with Crippen LogP contribution in [0, 0.1) is 12.8 Å². The zero-order valence-corrected chi connectivity index (χ0v) is 14.1. The van der Waals surface area contributed by atoms with Gasteiger partial charge >= 0.3 is 0 Å². The first-order valence-electron chi connectivity index (χ1n) is 8.30. The topological polar surface area (TPSA) is 54.1 Å². The third-order valence-corrected chi connectivity index (χ3v) is 4.56. The van der Waals surface area contributed by atoms with Crippen LogP contribution in [0.4, 0.5) is 0 Å². The highest BCUT2D eigenvalue weighted by molar-refractivity contribution is 5.87. The maximum Gasteiger partial charge on any atom is 0.181 e. The van der Waals surface area contributed by atoms with E-state index in [1.165, 1.54) is 16.5 Å². The Morgan fingerprint density at radius 3 is 2.96 bits per heavy atom. The van der Waals surface area contributed by atoms with Gasteiger partial charge in [0.2, 0.25) is 0 Å². The molecule has 0 radical (unpaired) electrons. The van der Waals surface area contributed by atoms with Crippen molar-refractivity contribution < 1.29 is 9.47 Å². The van der Waals surface area contributed by atoms with Crippen molar-refractivity contribution in [3.8, 4) is 11.4 Å². The Balaban J connectivity index is 1.61. The van der Waals surface area contributed by atoms with E-state index >= 15 is 0 Å². The van der Waals surface area contributed by atoms with Crippen LogP contribution in [0.3, 0.4) is 0 Å². The summed E-state index contributed by atoms with van der Waals surface area (Å²) in [4.78, 5) is 4.47. The average Bonchev–Trinajstić information content (AvgIpc) is 3.14. The Morgan fingerprint density at radius 2 is 2.21 bits per heavy atom. The van der Waals surface area contributed by atoms with Crippen molar-refractivity contribution in [2.75, 3.05) is 26.9 Å². The average molecular weight is 326 g/mol. The zero-order valence-electron chi connectivity index (χ0n) is 14.1. The third-order valence-electron chi connectivity index (χ3n) is 4.56. The van der Waals surface area contributed by atoms with Crippen LogP contribution < -0.4 is 0 Å². The fraction of sp³-hybridized carbons (Fsp3) is 0.444. The lowest BCUT2D eigenvalue weighted by molar-refractivity contribution is -0.0408. The van der Waals surface area contributed by atoms with E-state index in [2.05, 4.69) is 46.0 Å². The summed E-state index contributed by atoms with van der Waals surface area (Å²) < 4.78 is 14.6. The van der Waals surface area contributed by atoms with Gasteiger partial charge in [-0.25, -0.2) is 4.98 Å². The Kier molecular flexibility index (Phi) is 4.08. The van der Waals surface area contributed by atoms with Gasteiger partial charge in [-0.1, -0.05) is 0 Å². The number of aryl methyl sites for hydroxylation is 1. The van der Waals surface area contributed by atoms with E-state index in [0.29, 0.717) is 12.5 Å². The van der Waals surface area contributed by atoms with Gasteiger partial charge in [0.05, 0.1) is 19.8 Å². The smallest absolute Gasteiger partial charge is 0.181 e. The van der Waals surface area contributed by atoms with E-state index in [9.17, 15) is 0 Å². The SMILES string of the molecule is COCCn1cc(C)c2cc(-c3ncn(CC4COC4)n3)ccc21. The Morgan fingerprint density at radius 1 is 1.33 bits per heavy atom. The summed E-state index contributed by atoms with van der Waals surface area (Å²) in [7, 11) is 1.73. The maximum atomic E-state index is 5.22. The van der Waals surface area contributed by atoms with Crippen LogP contribution in [-0.4, -0.2) is 46.3 Å². The number of hydrogen-bond acceptors (Lipinski definition) is 4. The molecule has 0 saturated carbocycles. The Bertz CT molecular complexity index is 848. The summed E-state index contributed by atoms with van der Waals surface area (Å²) >= 11 is 0. The highest BCUT2D eigenvalue weighted by atomic mass is 16.5. The minimum atomic E-state index is 0.569. The van der Waals surface area contributed by atoms with Crippen molar-refractivity contribution in [3.05, 3.63) is 36.3 Å². The lowest BCUT2D eigenvalue weighted by Crippen LogP contribution is -2.31. The molecule has 3 aromatic rings. The molecule has 0 spiro atoms. The lowest BCUT2D eigenvalue weighted by atomic mass is 10.1. The molecular formula is C18H22N4O2. The summed E-state index contributed by atoms with van der Waals surface area (Å²) in [6.07, 6.45) is 3.99. The van der Waals surface area contributed by atoms with Crippen LogP contribution >= 0.6 is 0 Å². The van der Waals surface area contributed by atoms with Crippen molar-refractivity contribution in [2.45, 2.75) is 20.0 Å². The van der Waals surface area contributed by atoms with Gasteiger partial charge in [0.15, 0.2) is 5.82 Å². The van der Waals surface area contributed by atoms with Crippen LogP contribution in [0.2, 0.25) is 0 Å². The van der Waals surface area contributed by atoms with Crippen LogP contribution in [0.25, 0.3) is 22.3 Å². The molecule has 0 atom stereocenters. The molecule has 4 rings (SSSR count). The van der Waals surface area contributed by atoms with Gasteiger partial charge < -0.3 is 14.0 Å². The first kappa shape index (κ1) is 15.4. The monoisotopic (exact) mass is 326 g/mol. The van der Waals surface area contributed by atoms with Crippen LogP contribution in [-0.2, 0) is 22.6 Å². The number of benzene rings is 1. The van der Waals surface area contributed by atoms with E-state index in [-0.39, 0.29) is 0 Å². The highest BCUT2D eigenvalue weighted by Gasteiger charge is 2.19. The number of methoxy groups -OCH3 is 1. The van der Waals surface area contributed by atoms with Gasteiger partial charge in [0, 0.05) is 48.8 Å². The molecule has 1 saturated heterocycles. The van der Waals surface area contributed by atoms with Crippen molar-refractivity contribution in [2.24, 2.45) is 5.92 Å². The van der Waals surface area contributed by atoms with E-state index < -0.39 is 0 Å². The first-order chi connectivity index (χ1) is 11.7. The molecule has 0 unspecified atom stereocenters. The van der Waals surface area contributed by atoms with Gasteiger partial charge in [-0.15, -0.1) is 0 Å². The number of nitrogens with zero attached hydrogens (tertiary/aromatic N) is 4. The molecule has 6 heteroatoms. The van der Waals surface area contributed by atoms with Crippen molar-refractivity contribution >= 4 is 10.9 Å². The molecule has 3 heterocycles. The molecule has 0 amide bonds. The molecular weight excluding hydrogens is 304 g/mol. The quantitative estimate of drug-likeness (QED) is 0.698. The normalized spacial score (nSPS) is 15.1. The summed E-state index contributed by atoms with van der Waals surface area (Å²) in [6, 6.07) is 6.42. The van der Waals surface area contributed by atoms with Crippen LogP contribution in [0.1, 0.15) is 5.56 Å². The molecule has 0 N–H and O–H groups in total. The second-order valence-electron chi connectivity index (χ2n) is 6.42. The van der Waals surface area contributed by atoms with E-state index in [4.69, 9.17) is 9.47 Å². The summed E-state index contributed by atoms with van der Waals surface area (Å²) in [5.41, 5.74) is 3.53. The molecule has 1 fully saturated rings. The van der Waals surface area contributed by atoms with Crippen molar-refractivity contribution in [3.63, 3.8) is 0 Å². The Hall–Kier alpha value is -2.18. The predicted molar refractivity (Wildman–Crippen MR) is 91.9 cm³/mol. The number of aromatic nitrogens is 4. The van der Waals surface area contributed by atoms with Crippen LogP contribution in [0.5, 0.6) is 0 Å². The number of ether oxygens (including phenoxy) is 2. The van der Waals surface area contributed by atoms with Crippen LogP contribution in [0.15, 0.2) is 30.7 Å². The molecule has 1 aliphatic rings. The molecule has 126 valence electrons. The summed E-state index contributed by atoms with van der Waals surface area (Å²) in [5.74, 6) is 1.35. The van der Waals surface area contributed by atoms with Gasteiger partial charge in [0.1, 0.15) is 6.33 Å². The predicted octanol–water partition coefficient (Wildman–Crippen LogP) is 2.50. The molecule has 6 nitrogen and oxygen atoms in total. The van der Waals surface area contributed by atoms with Gasteiger partial charge in [-0.05, 0) is 30.7 Å². The fourth-order valence-electron chi connectivity index (χ4n) is 3.16. The second-order valence-corrected chi connectivity index (χ2v) is 6.42. The van der Waals surface area contributed by atoms with E-state index in [1.807, 2.05) is 11.0 Å². The second kappa shape index (κ2) is 6.37. The molecule has 0 aliphatic carbocycles. The molecule has 1 aliphatic heterocycles. The highest BCUT2D eigenvalue weighted by Crippen LogP contribution is 2.26. The molecule has 2 aromatic heterocycles. The Labute approximate surface area is 141 Å². The molecule has 1 aromatic carbocycles. The van der Waals surface area contributed by atoms with Crippen molar-refractivity contribution in [1.29, 1.82) is 0 Å². The zero-order chi connectivity index (χ0) is 16.5. The summed E-state index contributed by atoms with van der Waals surface area (Å²) in [5, 5.41) is 5.86. The minimum absolute atomic E-state index is 0.569. The minimum Gasteiger partial charge on any atom is -0.383 e. The fourth-order valence-corrected chi connectivity index (χ4v) is 3.16. The molecule has 24 heavy (non-hydrogen) atoms. The first-order valence-corrected chi connectivity index (χ1v) is 8.30. The van der Waals surface area contributed by atoms with E-state index in [0.717, 1.165) is 37.7 Å². The number of rotatable bonds is 6. The standard InChI is InChI=1S/C18H22N4O2/c1-13-8-21(5-6-23-2)17-4-3-15(7-16(13)17)18-19-12-22(20-18)9-14-10-24-11-14/h3-4,7-8,12,14H,5-6,9-11H2,1-2H3. The van der Waals surface area contributed by atoms with Gasteiger partial charge in [0.25, 0.3) is 0 Å². The van der Waals surface area contributed by atoms with E-state index in [1.54, 1.807) is 7.11 Å². The third kappa shape index (κ3) is 2.83.